The summed E-state index contributed by atoms with van der Waals surface area (Å²) in [6.45, 7) is 10.7. The molecule has 0 bridgehead atoms. The van der Waals surface area contributed by atoms with Crippen LogP contribution >= 0.6 is 0 Å². The van der Waals surface area contributed by atoms with Gasteiger partial charge < -0.3 is 19.9 Å². The minimum atomic E-state index is -0.963. The molecule has 2 atom stereocenters. The largest absolute Gasteiger partial charge is 0.480 e. The normalized spacial score (nSPS) is 13.9. The molecule has 0 saturated carbocycles. The van der Waals surface area contributed by atoms with Gasteiger partial charge in [0.15, 0.2) is 5.78 Å². The average Bonchev–Trinajstić information content (AvgIpc) is 2.65. The molecule has 1 rings (SSSR count). The molecule has 0 aliphatic rings. The quantitative estimate of drug-likeness (QED) is 0.320. The Morgan fingerprint density at radius 3 is 2.36 bits per heavy atom. The van der Waals surface area contributed by atoms with Gasteiger partial charge in [0, 0.05) is 23.2 Å². The van der Waals surface area contributed by atoms with E-state index in [1.807, 2.05) is 13.8 Å². The fourth-order valence-corrected chi connectivity index (χ4v) is 2.30. The maximum absolute atomic E-state index is 12.5. The molecule has 0 aliphatic carbocycles. The van der Waals surface area contributed by atoms with Crippen LogP contribution in [0, 0.1) is 0 Å². The summed E-state index contributed by atoms with van der Waals surface area (Å²) in [6.07, 6.45) is 0.413. The zero-order valence-corrected chi connectivity index (χ0v) is 16.9. The number of Topliss-reactive ketones (excluding diaryl/α,β-unsaturated/α-hetero) is 1. The van der Waals surface area contributed by atoms with Crippen LogP contribution in [0.5, 0.6) is 0 Å². The number of rotatable bonds is 12. The number of ether oxygens (including phenoxy) is 2. The molecule has 0 amide bonds. The number of carbonyl (C=O) groups is 3. The Labute approximate surface area is 165 Å². The molecule has 0 saturated heterocycles. The van der Waals surface area contributed by atoms with Crippen LogP contribution < -0.4 is 5.32 Å². The molecule has 0 spiro atoms. The van der Waals surface area contributed by atoms with Gasteiger partial charge in [0.05, 0.1) is 6.61 Å². The summed E-state index contributed by atoms with van der Waals surface area (Å²) in [6, 6.07) is 6.54. The number of anilines is 1. The fourth-order valence-electron chi connectivity index (χ4n) is 2.30. The highest BCUT2D eigenvalue weighted by molar-refractivity contribution is 5.99. The number of hydrogen-bond donors (Lipinski definition) is 2. The second-order valence-electron chi connectivity index (χ2n) is 6.93. The number of ketones is 1. The fraction of sp³-hybridized carbons (Fsp3) is 0.476. The topological polar surface area (TPSA) is 102 Å². The van der Waals surface area contributed by atoms with E-state index in [0.29, 0.717) is 29.7 Å². The molecule has 1 aromatic rings. The molecular formula is C21H29NO6. The van der Waals surface area contributed by atoms with Crippen molar-refractivity contribution in [1.29, 1.82) is 0 Å². The molecule has 28 heavy (non-hydrogen) atoms. The van der Waals surface area contributed by atoms with Gasteiger partial charge in [0.1, 0.15) is 18.2 Å². The predicted octanol–water partition coefficient (Wildman–Crippen LogP) is 3.45. The molecule has 154 valence electrons. The summed E-state index contributed by atoms with van der Waals surface area (Å²) in [5, 5.41) is 11.4. The van der Waals surface area contributed by atoms with Gasteiger partial charge in [-0.25, -0.2) is 4.79 Å². The van der Waals surface area contributed by atoms with E-state index < -0.39 is 23.6 Å². The van der Waals surface area contributed by atoms with Crippen molar-refractivity contribution in [2.24, 2.45) is 0 Å². The smallest absolute Gasteiger partial charge is 0.333 e. The van der Waals surface area contributed by atoms with Crippen LogP contribution in [0.3, 0.4) is 0 Å². The Bertz CT molecular complexity index is 712. The molecule has 2 N–H and O–H groups in total. The van der Waals surface area contributed by atoms with Gasteiger partial charge >= 0.3 is 11.9 Å². The molecule has 0 fully saturated rings. The highest BCUT2D eigenvalue weighted by atomic mass is 16.6. The van der Waals surface area contributed by atoms with Gasteiger partial charge in [0.25, 0.3) is 0 Å². The molecule has 1 aromatic carbocycles. The summed E-state index contributed by atoms with van der Waals surface area (Å²) in [7, 11) is 0. The Kier molecular flexibility index (Phi) is 8.85. The summed E-state index contributed by atoms with van der Waals surface area (Å²) >= 11 is 0. The first kappa shape index (κ1) is 23.4. The molecule has 7 heteroatoms. The minimum absolute atomic E-state index is 0.179. The number of carboxylic acid groups (broad SMARTS) is 1. The molecule has 0 aromatic heterocycles. The summed E-state index contributed by atoms with van der Waals surface area (Å²) in [4.78, 5) is 34.8. The van der Waals surface area contributed by atoms with Crippen molar-refractivity contribution in [2.45, 2.75) is 52.2 Å². The Morgan fingerprint density at radius 2 is 1.86 bits per heavy atom. The lowest BCUT2D eigenvalue weighted by atomic mass is 9.99. The molecule has 0 heterocycles. The lowest BCUT2D eigenvalue weighted by Gasteiger charge is -2.29. The molecule has 2 unspecified atom stereocenters. The molecular weight excluding hydrogens is 362 g/mol. The number of benzene rings is 1. The van der Waals surface area contributed by atoms with Crippen molar-refractivity contribution in [3.05, 3.63) is 42.0 Å². The van der Waals surface area contributed by atoms with Gasteiger partial charge in [-0.1, -0.05) is 13.5 Å². The highest BCUT2D eigenvalue weighted by Gasteiger charge is 2.27. The van der Waals surface area contributed by atoms with Gasteiger partial charge in [0.2, 0.25) is 0 Å². The van der Waals surface area contributed by atoms with Crippen molar-refractivity contribution in [2.75, 3.05) is 18.5 Å². The van der Waals surface area contributed by atoms with E-state index in [9.17, 15) is 14.4 Å². The number of hydrogen-bond acceptors (Lipinski definition) is 6. The Balaban J connectivity index is 2.56. The Hall–Kier alpha value is -2.67. The monoisotopic (exact) mass is 391 g/mol. The number of nitrogens with one attached hydrogen (secondary N) is 1. The first-order chi connectivity index (χ1) is 13.1. The first-order valence-electron chi connectivity index (χ1n) is 9.18. The summed E-state index contributed by atoms with van der Waals surface area (Å²) in [5.41, 5.74) is 0.743. The van der Waals surface area contributed by atoms with E-state index in [1.54, 1.807) is 38.1 Å². The standard InChI is InChI=1S/C21H29NO6/c1-6-21(5,28-20(26)14(2)3)11-12-27-15(4)19(25)16-7-9-17(10-8-16)22-13-18(23)24/h7-10,15,22H,2,6,11-13H2,1,3-5H3,(H,23,24). The van der Waals surface area contributed by atoms with Crippen LogP contribution in [0.25, 0.3) is 0 Å². The summed E-state index contributed by atoms with van der Waals surface area (Å²) < 4.78 is 11.1. The van der Waals surface area contributed by atoms with E-state index in [4.69, 9.17) is 14.6 Å². The average molecular weight is 391 g/mol. The van der Waals surface area contributed by atoms with Crippen molar-refractivity contribution in [1.82, 2.24) is 0 Å². The lowest BCUT2D eigenvalue weighted by Crippen LogP contribution is -2.34. The second kappa shape index (κ2) is 10.6. The number of aliphatic carboxylic acids is 1. The SMILES string of the molecule is C=C(C)C(=O)OC(C)(CC)CCOC(C)C(=O)c1ccc(NCC(=O)O)cc1. The van der Waals surface area contributed by atoms with E-state index in [-0.39, 0.29) is 18.9 Å². The van der Waals surface area contributed by atoms with Crippen LogP contribution in [0.4, 0.5) is 5.69 Å². The number of carbonyl (C=O) groups excluding carboxylic acids is 2. The lowest BCUT2D eigenvalue weighted by molar-refractivity contribution is -0.155. The van der Waals surface area contributed by atoms with Crippen molar-refractivity contribution >= 4 is 23.4 Å². The number of esters is 1. The number of carboxylic acids is 1. The van der Waals surface area contributed by atoms with Crippen molar-refractivity contribution in [3.8, 4) is 0 Å². The van der Waals surface area contributed by atoms with Crippen LogP contribution in [0.2, 0.25) is 0 Å². The van der Waals surface area contributed by atoms with Gasteiger partial charge in [-0.15, -0.1) is 0 Å². The van der Waals surface area contributed by atoms with E-state index in [0.717, 1.165) is 0 Å². The third-order valence-corrected chi connectivity index (χ3v) is 4.42. The first-order valence-corrected chi connectivity index (χ1v) is 9.18. The van der Waals surface area contributed by atoms with Gasteiger partial charge in [-0.2, -0.15) is 0 Å². The van der Waals surface area contributed by atoms with E-state index in [1.165, 1.54) is 0 Å². The molecule has 7 nitrogen and oxygen atoms in total. The van der Waals surface area contributed by atoms with Crippen LogP contribution in [0.1, 0.15) is 50.9 Å². The molecule has 0 aliphatic heterocycles. The van der Waals surface area contributed by atoms with Crippen molar-refractivity contribution in [3.63, 3.8) is 0 Å². The summed E-state index contributed by atoms with van der Waals surface area (Å²) in [5.74, 6) is -1.58. The predicted molar refractivity (Wildman–Crippen MR) is 107 cm³/mol. The van der Waals surface area contributed by atoms with Crippen molar-refractivity contribution < 1.29 is 29.0 Å². The van der Waals surface area contributed by atoms with E-state index in [2.05, 4.69) is 11.9 Å². The zero-order chi connectivity index (χ0) is 21.3. The van der Waals surface area contributed by atoms with Crippen LogP contribution in [-0.4, -0.2) is 47.7 Å². The van der Waals surface area contributed by atoms with Gasteiger partial charge in [-0.05, 0) is 51.5 Å². The maximum atomic E-state index is 12.5. The highest BCUT2D eigenvalue weighted by Crippen LogP contribution is 2.22. The Morgan fingerprint density at radius 1 is 1.25 bits per heavy atom. The third kappa shape index (κ3) is 7.52. The molecule has 0 radical (unpaired) electrons. The second-order valence-corrected chi connectivity index (χ2v) is 6.93. The van der Waals surface area contributed by atoms with E-state index >= 15 is 0 Å². The maximum Gasteiger partial charge on any atom is 0.333 e. The zero-order valence-electron chi connectivity index (χ0n) is 16.9. The third-order valence-electron chi connectivity index (χ3n) is 4.42. The van der Waals surface area contributed by atoms with Crippen LogP contribution in [0.15, 0.2) is 36.4 Å². The van der Waals surface area contributed by atoms with Crippen LogP contribution in [-0.2, 0) is 19.1 Å². The minimum Gasteiger partial charge on any atom is -0.480 e. The van der Waals surface area contributed by atoms with Gasteiger partial charge in [-0.3, -0.25) is 9.59 Å².